The largest absolute Gasteiger partial charge is 0.482 e. The number of aliphatic hydroxyl groups excluding tert-OH is 2. The number of benzene rings is 1. The lowest BCUT2D eigenvalue weighted by Crippen LogP contribution is -2.28. The topological polar surface area (TPSA) is 87.0 Å². The van der Waals surface area contributed by atoms with Gasteiger partial charge in [-0.05, 0) is 73.5 Å². The normalized spacial score (nSPS) is 27.7. The summed E-state index contributed by atoms with van der Waals surface area (Å²) < 4.78 is 5.49. The van der Waals surface area contributed by atoms with E-state index in [-0.39, 0.29) is 24.7 Å². The zero-order chi connectivity index (χ0) is 19.4. The summed E-state index contributed by atoms with van der Waals surface area (Å²) in [7, 11) is 0. The molecule has 27 heavy (non-hydrogen) atoms. The van der Waals surface area contributed by atoms with E-state index >= 15 is 0 Å². The van der Waals surface area contributed by atoms with Gasteiger partial charge in [0, 0.05) is 0 Å². The standard InChI is InChI=1S/C22H32O5/c1-2-3-6-16(23)8-9-17-18-10-14-5-4-7-21(27-13-22(25)26)19(14)11-15(18)12-20(17)24/h4-5,7,15-18,20,23-24H,2-3,6,8-13H2,1H3,(H,25,26)/t15-,16-,17+,18-,20+/m0/s1. The van der Waals surface area contributed by atoms with E-state index in [1.165, 1.54) is 5.56 Å². The van der Waals surface area contributed by atoms with Crippen molar-refractivity contribution in [3.05, 3.63) is 29.3 Å². The summed E-state index contributed by atoms with van der Waals surface area (Å²) in [6.07, 6.45) is 6.58. The maximum absolute atomic E-state index is 10.8. The molecule has 150 valence electrons. The second-order valence-electron chi connectivity index (χ2n) is 8.25. The minimum Gasteiger partial charge on any atom is -0.482 e. The fourth-order valence-corrected chi connectivity index (χ4v) is 5.05. The van der Waals surface area contributed by atoms with Gasteiger partial charge in [-0.3, -0.25) is 0 Å². The van der Waals surface area contributed by atoms with Gasteiger partial charge in [0.25, 0.3) is 0 Å². The Bertz CT molecular complexity index is 644. The summed E-state index contributed by atoms with van der Waals surface area (Å²) in [6, 6.07) is 5.86. The molecule has 0 radical (unpaired) electrons. The predicted molar refractivity (Wildman–Crippen MR) is 103 cm³/mol. The Morgan fingerprint density at radius 2 is 2.11 bits per heavy atom. The number of aliphatic carboxylic acids is 1. The number of fused-ring (bicyclic) bond motifs is 2. The summed E-state index contributed by atoms with van der Waals surface area (Å²) in [5.41, 5.74) is 2.32. The molecule has 1 aromatic rings. The number of rotatable bonds is 9. The van der Waals surface area contributed by atoms with Crippen molar-refractivity contribution in [2.45, 2.75) is 70.5 Å². The number of carboxylic acid groups (broad SMARTS) is 1. The van der Waals surface area contributed by atoms with Gasteiger partial charge >= 0.3 is 5.97 Å². The van der Waals surface area contributed by atoms with Crippen LogP contribution in [-0.4, -0.2) is 40.1 Å². The molecule has 5 nitrogen and oxygen atoms in total. The van der Waals surface area contributed by atoms with Gasteiger partial charge in [-0.2, -0.15) is 0 Å². The van der Waals surface area contributed by atoms with Crippen LogP contribution >= 0.6 is 0 Å². The van der Waals surface area contributed by atoms with Crippen molar-refractivity contribution < 1.29 is 24.9 Å². The van der Waals surface area contributed by atoms with E-state index in [1.54, 1.807) is 0 Å². The number of ether oxygens (including phenoxy) is 1. The lowest BCUT2D eigenvalue weighted by Gasteiger charge is -2.32. The Morgan fingerprint density at radius 3 is 2.85 bits per heavy atom. The molecule has 0 unspecified atom stereocenters. The smallest absolute Gasteiger partial charge is 0.341 e. The van der Waals surface area contributed by atoms with E-state index in [0.717, 1.165) is 56.9 Å². The first-order valence-corrected chi connectivity index (χ1v) is 10.3. The Labute approximate surface area is 161 Å². The van der Waals surface area contributed by atoms with Gasteiger partial charge in [-0.1, -0.05) is 31.9 Å². The third-order valence-corrected chi connectivity index (χ3v) is 6.42. The van der Waals surface area contributed by atoms with E-state index in [1.807, 2.05) is 12.1 Å². The molecular weight excluding hydrogens is 344 g/mol. The fourth-order valence-electron chi connectivity index (χ4n) is 5.05. The summed E-state index contributed by atoms with van der Waals surface area (Å²) in [5, 5.41) is 29.7. The van der Waals surface area contributed by atoms with Crippen LogP contribution in [0.2, 0.25) is 0 Å². The molecule has 0 bridgehead atoms. The molecule has 0 heterocycles. The average Bonchev–Trinajstić information content (AvgIpc) is 2.95. The molecule has 0 saturated heterocycles. The van der Waals surface area contributed by atoms with E-state index in [9.17, 15) is 15.0 Å². The molecule has 1 fully saturated rings. The molecule has 2 aliphatic carbocycles. The minimum atomic E-state index is -0.973. The number of hydrogen-bond donors (Lipinski definition) is 3. The van der Waals surface area contributed by atoms with E-state index in [2.05, 4.69) is 13.0 Å². The number of aliphatic hydroxyl groups is 2. The summed E-state index contributed by atoms with van der Waals surface area (Å²) in [4.78, 5) is 10.8. The Kier molecular flexibility index (Phi) is 6.77. The van der Waals surface area contributed by atoms with Crippen molar-refractivity contribution >= 4 is 5.97 Å². The first-order valence-electron chi connectivity index (χ1n) is 10.3. The van der Waals surface area contributed by atoms with Gasteiger partial charge < -0.3 is 20.1 Å². The summed E-state index contributed by atoms with van der Waals surface area (Å²) in [5.74, 6) is 0.768. The van der Waals surface area contributed by atoms with Crippen molar-refractivity contribution in [2.24, 2.45) is 17.8 Å². The first-order chi connectivity index (χ1) is 13.0. The van der Waals surface area contributed by atoms with Crippen LogP contribution in [-0.2, 0) is 17.6 Å². The number of unbranched alkanes of at least 4 members (excludes halogenated alkanes) is 1. The van der Waals surface area contributed by atoms with Gasteiger partial charge in [-0.15, -0.1) is 0 Å². The third kappa shape index (κ3) is 4.82. The predicted octanol–water partition coefficient (Wildman–Crippen LogP) is 3.19. The first kappa shape index (κ1) is 20.2. The number of hydrogen-bond acceptors (Lipinski definition) is 4. The van der Waals surface area contributed by atoms with Gasteiger partial charge in [0.15, 0.2) is 6.61 Å². The van der Waals surface area contributed by atoms with E-state index in [4.69, 9.17) is 9.84 Å². The van der Waals surface area contributed by atoms with Crippen LogP contribution in [0.3, 0.4) is 0 Å². The molecular formula is C22H32O5. The Morgan fingerprint density at radius 1 is 1.30 bits per heavy atom. The summed E-state index contributed by atoms with van der Waals surface area (Å²) >= 11 is 0. The quantitative estimate of drug-likeness (QED) is 0.616. The second-order valence-corrected chi connectivity index (χ2v) is 8.25. The number of carboxylic acids is 1. The Balaban J connectivity index is 1.66. The van der Waals surface area contributed by atoms with Crippen molar-refractivity contribution in [2.75, 3.05) is 6.61 Å². The van der Waals surface area contributed by atoms with Gasteiger partial charge in [-0.25, -0.2) is 4.79 Å². The molecule has 0 amide bonds. The minimum absolute atomic E-state index is 0.239. The van der Waals surface area contributed by atoms with Crippen molar-refractivity contribution in [1.29, 1.82) is 0 Å². The molecule has 1 saturated carbocycles. The van der Waals surface area contributed by atoms with Gasteiger partial charge in [0.1, 0.15) is 5.75 Å². The molecule has 5 heteroatoms. The Hall–Kier alpha value is -1.59. The third-order valence-electron chi connectivity index (χ3n) is 6.42. The van der Waals surface area contributed by atoms with Gasteiger partial charge in [0.05, 0.1) is 12.2 Å². The monoisotopic (exact) mass is 376 g/mol. The lowest BCUT2D eigenvalue weighted by molar-refractivity contribution is -0.139. The molecule has 0 aliphatic heterocycles. The average molecular weight is 376 g/mol. The lowest BCUT2D eigenvalue weighted by atomic mass is 9.73. The van der Waals surface area contributed by atoms with Crippen LogP contribution in [0.15, 0.2) is 18.2 Å². The van der Waals surface area contributed by atoms with Crippen LogP contribution in [0, 0.1) is 17.8 Å². The van der Waals surface area contributed by atoms with Crippen molar-refractivity contribution in [3.63, 3.8) is 0 Å². The highest BCUT2D eigenvalue weighted by molar-refractivity contribution is 5.68. The number of carbonyl (C=O) groups is 1. The van der Waals surface area contributed by atoms with Crippen LogP contribution in [0.5, 0.6) is 5.75 Å². The molecule has 3 N–H and O–H groups in total. The maximum Gasteiger partial charge on any atom is 0.341 e. The highest BCUT2D eigenvalue weighted by Crippen LogP contribution is 2.48. The van der Waals surface area contributed by atoms with E-state index in [0.29, 0.717) is 17.6 Å². The highest BCUT2D eigenvalue weighted by Gasteiger charge is 2.44. The molecule has 1 aromatic carbocycles. The highest BCUT2D eigenvalue weighted by atomic mass is 16.5. The van der Waals surface area contributed by atoms with Crippen LogP contribution in [0.4, 0.5) is 0 Å². The maximum atomic E-state index is 10.8. The van der Waals surface area contributed by atoms with Crippen LogP contribution in [0.25, 0.3) is 0 Å². The molecule has 5 atom stereocenters. The van der Waals surface area contributed by atoms with Crippen molar-refractivity contribution in [1.82, 2.24) is 0 Å². The fraction of sp³-hybridized carbons (Fsp3) is 0.682. The second kappa shape index (κ2) is 9.07. The zero-order valence-corrected chi connectivity index (χ0v) is 16.1. The van der Waals surface area contributed by atoms with Crippen LogP contribution in [0.1, 0.15) is 56.6 Å². The molecule has 0 spiro atoms. The molecule has 2 aliphatic rings. The van der Waals surface area contributed by atoms with Gasteiger partial charge in [0.2, 0.25) is 0 Å². The zero-order valence-electron chi connectivity index (χ0n) is 16.1. The summed E-state index contributed by atoms with van der Waals surface area (Å²) in [6.45, 7) is 1.80. The van der Waals surface area contributed by atoms with Crippen molar-refractivity contribution in [3.8, 4) is 5.75 Å². The molecule has 0 aromatic heterocycles. The molecule has 3 rings (SSSR count). The SMILES string of the molecule is CCCC[C@H](O)CC[C@@H]1[C@H]2Cc3cccc(OCC(=O)O)c3C[C@H]2C[C@H]1O. The van der Waals surface area contributed by atoms with Crippen LogP contribution < -0.4 is 4.74 Å². The van der Waals surface area contributed by atoms with E-state index < -0.39 is 5.97 Å².